The molecule has 1 heterocycles. The summed E-state index contributed by atoms with van der Waals surface area (Å²) < 4.78 is 14.9. The van der Waals surface area contributed by atoms with Gasteiger partial charge >= 0.3 is 11.9 Å². The minimum absolute atomic E-state index is 0.271. The van der Waals surface area contributed by atoms with Crippen LogP contribution in [0.1, 0.15) is 22.2 Å². The molecule has 7 nitrogen and oxygen atoms in total. The van der Waals surface area contributed by atoms with Crippen molar-refractivity contribution in [2.24, 2.45) is 0 Å². The Morgan fingerprint density at radius 3 is 2.56 bits per heavy atom. The molecule has 0 bridgehead atoms. The van der Waals surface area contributed by atoms with E-state index < -0.39 is 24.5 Å². The zero-order chi connectivity index (χ0) is 19.6. The molecule has 1 amide bonds. The Kier molecular flexibility index (Phi) is 7.57. The standard InChI is InChI=1S/C19H19NO6S/c1-3-25-14-7-4-13(5-8-14)6-9-17(22)26-12-16(21)20-15-10-11-27-18(15)19(23)24-2/h4-11H,3,12H2,1-2H3,(H,20,21)/b9-6+. The van der Waals surface area contributed by atoms with Crippen LogP contribution in [0.5, 0.6) is 5.75 Å². The van der Waals surface area contributed by atoms with Gasteiger partial charge in [0.05, 0.1) is 19.4 Å². The predicted octanol–water partition coefficient (Wildman–Crippen LogP) is 3.13. The van der Waals surface area contributed by atoms with Crippen LogP contribution in [-0.4, -0.2) is 38.2 Å². The maximum Gasteiger partial charge on any atom is 0.350 e. The molecule has 0 unspecified atom stereocenters. The number of hydrogen-bond acceptors (Lipinski definition) is 7. The maximum absolute atomic E-state index is 11.9. The van der Waals surface area contributed by atoms with Crippen molar-refractivity contribution in [1.82, 2.24) is 0 Å². The summed E-state index contributed by atoms with van der Waals surface area (Å²) in [7, 11) is 1.26. The van der Waals surface area contributed by atoms with Gasteiger partial charge in [-0.2, -0.15) is 0 Å². The number of rotatable bonds is 8. The number of methoxy groups -OCH3 is 1. The van der Waals surface area contributed by atoms with Crippen LogP contribution in [0.3, 0.4) is 0 Å². The van der Waals surface area contributed by atoms with Gasteiger partial charge in [0.1, 0.15) is 10.6 Å². The zero-order valence-electron chi connectivity index (χ0n) is 14.9. The number of esters is 2. The number of ether oxygens (including phenoxy) is 3. The summed E-state index contributed by atoms with van der Waals surface area (Å²) in [5.41, 5.74) is 1.11. The van der Waals surface area contributed by atoms with Crippen LogP contribution in [0.2, 0.25) is 0 Å². The normalized spacial score (nSPS) is 10.4. The predicted molar refractivity (Wildman–Crippen MR) is 102 cm³/mol. The summed E-state index contributed by atoms with van der Waals surface area (Å²) in [6.07, 6.45) is 2.80. The van der Waals surface area contributed by atoms with E-state index in [-0.39, 0.29) is 4.88 Å². The first kappa shape index (κ1) is 20.2. The third kappa shape index (κ3) is 6.27. The Balaban J connectivity index is 1.82. The highest BCUT2D eigenvalue weighted by Crippen LogP contribution is 2.23. The molecule has 0 spiro atoms. The van der Waals surface area contributed by atoms with Crippen LogP contribution >= 0.6 is 11.3 Å². The van der Waals surface area contributed by atoms with Gasteiger partial charge in [-0.15, -0.1) is 11.3 Å². The lowest BCUT2D eigenvalue weighted by Crippen LogP contribution is -2.21. The van der Waals surface area contributed by atoms with Crippen LogP contribution in [0, 0.1) is 0 Å². The molecule has 0 fully saturated rings. The largest absolute Gasteiger partial charge is 0.494 e. The number of anilines is 1. The minimum Gasteiger partial charge on any atom is -0.494 e. The summed E-state index contributed by atoms with van der Waals surface area (Å²) in [6.45, 7) is 2.01. The van der Waals surface area contributed by atoms with E-state index in [1.54, 1.807) is 41.8 Å². The number of carbonyl (C=O) groups excluding carboxylic acids is 3. The average Bonchev–Trinajstić information content (AvgIpc) is 3.13. The summed E-state index contributed by atoms with van der Waals surface area (Å²) >= 11 is 1.14. The summed E-state index contributed by atoms with van der Waals surface area (Å²) in [4.78, 5) is 35.4. The van der Waals surface area contributed by atoms with Crippen LogP contribution < -0.4 is 10.1 Å². The molecule has 0 saturated heterocycles. The zero-order valence-corrected chi connectivity index (χ0v) is 15.7. The third-order valence-electron chi connectivity index (χ3n) is 3.26. The molecular formula is C19H19NO6S. The number of benzene rings is 1. The first-order valence-corrected chi connectivity index (χ1v) is 8.94. The number of carbonyl (C=O) groups is 3. The highest BCUT2D eigenvalue weighted by Gasteiger charge is 2.16. The van der Waals surface area contributed by atoms with Crippen molar-refractivity contribution in [3.05, 3.63) is 52.2 Å². The molecule has 0 aliphatic heterocycles. The monoisotopic (exact) mass is 389 g/mol. The fraction of sp³-hybridized carbons (Fsp3) is 0.211. The van der Waals surface area contributed by atoms with Crippen molar-refractivity contribution < 1.29 is 28.6 Å². The van der Waals surface area contributed by atoms with E-state index in [9.17, 15) is 14.4 Å². The first-order chi connectivity index (χ1) is 13.0. The Hall–Kier alpha value is -3.13. The molecule has 27 heavy (non-hydrogen) atoms. The fourth-order valence-corrected chi connectivity index (χ4v) is 2.80. The molecule has 0 saturated carbocycles. The number of hydrogen-bond donors (Lipinski definition) is 1. The highest BCUT2D eigenvalue weighted by atomic mass is 32.1. The van der Waals surface area contributed by atoms with Gasteiger partial charge in [-0.25, -0.2) is 9.59 Å². The Labute approximate surface area is 160 Å². The number of thiophene rings is 1. The van der Waals surface area contributed by atoms with Crippen molar-refractivity contribution in [1.29, 1.82) is 0 Å². The molecule has 1 aromatic heterocycles. The van der Waals surface area contributed by atoms with Gasteiger partial charge in [-0.1, -0.05) is 12.1 Å². The fourth-order valence-electron chi connectivity index (χ4n) is 2.04. The van der Waals surface area contributed by atoms with Crippen molar-refractivity contribution in [2.45, 2.75) is 6.92 Å². The smallest absolute Gasteiger partial charge is 0.350 e. The van der Waals surface area contributed by atoms with Crippen LogP contribution in [0.15, 0.2) is 41.8 Å². The number of nitrogens with one attached hydrogen (secondary N) is 1. The van der Waals surface area contributed by atoms with E-state index in [2.05, 4.69) is 10.1 Å². The first-order valence-electron chi connectivity index (χ1n) is 8.06. The van der Waals surface area contributed by atoms with Gasteiger partial charge in [0.2, 0.25) is 0 Å². The van der Waals surface area contributed by atoms with E-state index in [1.807, 2.05) is 6.92 Å². The molecule has 8 heteroatoms. The van der Waals surface area contributed by atoms with E-state index in [0.29, 0.717) is 12.3 Å². The molecule has 2 rings (SSSR count). The third-order valence-corrected chi connectivity index (χ3v) is 4.15. The minimum atomic E-state index is -0.655. The van der Waals surface area contributed by atoms with E-state index in [4.69, 9.17) is 9.47 Å². The lowest BCUT2D eigenvalue weighted by molar-refractivity contribution is -0.142. The number of amides is 1. The average molecular weight is 389 g/mol. The molecule has 0 aliphatic rings. The second-order valence-corrected chi connectivity index (χ2v) is 6.06. The molecular weight excluding hydrogens is 370 g/mol. The quantitative estimate of drug-likeness (QED) is 0.551. The Morgan fingerprint density at radius 1 is 1.15 bits per heavy atom. The SMILES string of the molecule is CCOc1ccc(/C=C/C(=O)OCC(=O)Nc2ccsc2C(=O)OC)cc1. The Bertz CT molecular complexity index is 825. The maximum atomic E-state index is 11.9. The second kappa shape index (κ2) is 10.1. The van der Waals surface area contributed by atoms with Crippen LogP contribution in [0.25, 0.3) is 6.08 Å². The summed E-state index contributed by atoms with van der Waals surface area (Å²) in [5, 5.41) is 4.15. The molecule has 0 atom stereocenters. The molecule has 1 aromatic carbocycles. The summed E-state index contributed by atoms with van der Waals surface area (Å²) in [5.74, 6) is -1.01. The van der Waals surface area contributed by atoms with Crippen molar-refractivity contribution in [3.63, 3.8) is 0 Å². The van der Waals surface area contributed by atoms with Gasteiger partial charge < -0.3 is 19.5 Å². The lowest BCUT2D eigenvalue weighted by Gasteiger charge is -2.05. The van der Waals surface area contributed by atoms with Gasteiger partial charge in [-0.3, -0.25) is 4.79 Å². The topological polar surface area (TPSA) is 90.9 Å². The van der Waals surface area contributed by atoms with Crippen molar-refractivity contribution in [3.8, 4) is 5.75 Å². The Morgan fingerprint density at radius 2 is 1.89 bits per heavy atom. The second-order valence-electron chi connectivity index (χ2n) is 5.15. The van der Waals surface area contributed by atoms with Crippen LogP contribution in [-0.2, 0) is 19.1 Å². The van der Waals surface area contributed by atoms with Gasteiger partial charge in [0, 0.05) is 6.08 Å². The van der Waals surface area contributed by atoms with Crippen molar-refractivity contribution >= 4 is 40.9 Å². The van der Waals surface area contributed by atoms with Gasteiger partial charge in [0.25, 0.3) is 5.91 Å². The van der Waals surface area contributed by atoms with Crippen molar-refractivity contribution in [2.75, 3.05) is 25.6 Å². The highest BCUT2D eigenvalue weighted by molar-refractivity contribution is 7.12. The molecule has 142 valence electrons. The molecule has 0 radical (unpaired) electrons. The molecule has 1 N–H and O–H groups in total. The summed E-state index contributed by atoms with van der Waals surface area (Å²) in [6, 6.07) is 8.75. The van der Waals surface area contributed by atoms with Crippen LogP contribution in [0.4, 0.5) is 5.69 Å². The van der Waals surface area contributed by atoms with E-state index in [0.717, 1.165) is 22.6 Å². The van der Waals surface area contributed by atoms with Gasteiger partial charge in [-0.05, 0) is 42.1 Å². The van der Waals surface area contributed by atoms with E-state index >= 15 is 0 Å². The van der Waals surface area contributed by atoms with Gasteiger partial charge in [0.15, 0.2) is 6.61 Å². The molecule has 2 aromatic rings. The molecule has 0 aliphatic carbocycles. The lowest BCUT2D eigenvalue weighted by atomic mass is 10.2. The van der Waals surface area contributed by atoms with E-state index in [1.165, 1.54) is 13.2 Å².